The van der Waals surface area contributed by atoms with Crippen molar-refractivity contribution >= 4 is 26.2 Å². The van der Waals surface area contributed by atoms with Crippen LogP contribution in [0.1, 0.15) is 187 Å². The van der Waals surface area contributed by atoms with Gasteiger partial charge in [-0.3, -0.25) is 14.8 Å². The quantitative estimate of drug-likeness (QED) is 0.0354. The average molecular weight is 790 g/mol. The molecule has 0 aliphatic heterocycles. The first kappa shape index (κ1) is 46.4. The van der Waals surface area contributed by atoms with Crippen LogP contribution in [0.15, 0.2) is 54.6 Å². The molecule has 0 N–H and O–H groups in total. The highest BCUT2D eigenvalue weighted by Gasteiger charge is 2.37. The third kappa shape index (κ3) is 16.6. The molecule has 0 saturated heterocycles. The zero-order valence-electron chi connectivity index (χ0n) is 35.4. The van der Waals surface area contributed by atoms with E-state index >= 15 is 0 Å². The van der Waals surface area contributed by atoms with Crippen LogP contribution in [0.5, 0.6) is 0 Å². The molecule has 308 valence electrons. The molecule has 2 atom stereocenters. The van der Waals surface area contributed by atoms with E-state index in [-0.39, 0.29) is 29.0 Å². The molecule has 3 aromatic heterocycles. The lowest BCUT2D eigenvalue weighted by Crippen LogP contribution is -2.40. The number of hydrogen-bond donors (Lipinski definition) is 0. The minimum absolute atomic E-state index is 0.0305. The molecule has 0 unspecified atom stereocenters. The summed E-state index contributed by atoms with van der Waals surface area (Å²) in [7, 11) is -1.96. The highest BCUT2D eigenvalue weighted by molar-refractivity contribution is 6.74. The summed E-state index contributed by atoms with van der Waals surface area (Å²) in [4.78, 5) is 52.0. The van der Waals surface area contributed by atoms with Crippen molar-refractivity contribution in [3.8, 4) is 0 Å². The Hall–Kier alpha value is -3.96. The van der Waals surface area contributed by atoms with Crippen LogP contribution in [0.2, 0.25) is 18.1 Å². The van der Waals surface area contributed by atoms with Crippen LogP contribution in [0.25, 0.3) is 0 Å². The topological polar surface area (TPSA) is 127 Å². The van der Waals surface area contributed by atoms with E-state index in [9.17, 15) is 14.4 Å². The van der Waals surface area contributed by atoms with Gasteiger partial charge in [0.15, 0.2) is 8.32 Å². The number of pyridine rings is 3. The number of carbonyl (C=O) groups excluding carboxylic acids is 3. The molecule has 0 amide bonds. The molecule has 0 radical (unpaired) electrons. The lowest BCUT2D eigenvalue weighted by atomic mass is 10.0. The van der Waals surface area contributed by atoms with Crippen molar-refractivity contribution in [1.29, 1.82) is 0 Å². The van der Waals surface area contributed by atoms with Crippen molar-refractivity contribution in [1.82, 2.24) is 15.0 Å². The predicted octanol–water partition coefficient (Wildman–Crippen LogP) is 11.8. The van der Waals surface area contributed by atoms with Crippen LogP contribution in [-0.2, 0) is 36.6 Å². The molecule has 0 aliphatic carbocycles. The van der Waals surface area contributed by atoms with Crippen molar-refractivity contribution in [2.75, 3.05) is 0 Å². The number of aromatic nitrogens is 3. The van der Waals surface area contributed by atoms with Crippen molar-refractivity contribution in [2.24, 2.45) is 0 Å². The van der Waals surface area contributed by atoms with Crippen molar-refractivity contribution < 1.29 is 33.0 Å². The van der Waals surface area contributed by atoms with Crippen molar-refractivity contribution in [3.63, 3.8) is 0 Å². The van der Waals surface area contributed by atoms with Crippen LogP contribution in [0.3, 0.4) is 0 Å². The number of rotatable bonds is 25. The van der Waals surface area contributed by atoms with Crippen LogP contribution in [0, 0.1) is 0 Å². The minimum atomic E-state index is -1.96. The van der Waals surface area contributed by atoms with E-state index < -0.39 is 32.5 Å². The molecule has 0 fully saturated rings. The highest BCUT2D eigenvalue weighted by Crippen LogP contribution is 2.37. The first-order chi connectivity index (χ1) is 26.7. The third-order valence-electron chi connectivity index (χ3n) is 10.5. The summed E-state index contributed by atoms with van der Waals surface area (Å²) in [5.74, 6) is -1.65. The summed E-state index contributed by atoms with van der Waals surface area (Å²) in [5.41, 5.74) is 2.32. The van der Waals surface area contributed by atoms with E-state index in [1.165, 1.54) is 76.3 Å². The summed E-state index contributed by atoms with van der Waals surface area (Å²) >= 11 is 0. The molecule has 0 saturated carbocycles. The molecule has 3 rings (SSSR count). The molecular weight excluding hydrogens is 723 g/mol. The summed E-state index contributed by atoms with van der Waals surface area (Å²) in [5, 5.41) is 0.0738. The van der Waals surface area contributed by atoms with Crippen molar-refractivity contribution in [2.45, 2.75) is 175 Å². The highest BCUT2D eigenvalue weighted by atomic mass is 28.4. The van der Waals surface area contributed by atoms with Gasteiger partial charge in [-0.2, -0.15) is 0 Å². The molecule has 11 heteroatoms. The standard InChI is InChI=1S/C45H67N3O7Si/c1-9-10-11-12-13-14-15-16-17-18-19-20-21-31-42(49)52-32-36-25-22-27-38(46-36)34(2)54-43(50)40-29-24-30-41(48-40)44(51)55-35(3)39-28-23-26-37(47-39)33-53-56(7,8)45(4,5)6/h22-30,34-35H,9-21,31-33H2,1-8H3/t34-,35+/m1/s1. The molecule has 0 aromatic carbocycles. The van der Waals surface area contributed by atoms with Gasteiger partial charge in [0.25, 0.3) is 0 Å². The molecular formula is C45H67N3O7Si. The van der Waals surface area contributed by atoms with E-state index in [0.717, 1.165) is 25.0 Å². The minimum Gasteiger partial charge on any atom is -0.459 e. The molecule has 0 bridgehead atoms. The van der Waals surface area contributed by atoms with E-state index in [1.807, 2.05) is 12.1 Å². The van der Waals surface area contributed by atoms with Crippen molar-refractivity contribution in [3.05, 3.63) is 88.8 Å². The first-order valence-corrected chi connectivity index (χ1v) is 23.7. The van der Waals surface area contributed by atoms with Crippen LogP contribution < -0.4 is 0 Å². The summed E-state index contributed by atoms with van der Waals surface area (Å²) < 4.78 is 23.1. The molecule has 3 heterocycles. The van der Waals surface area contributed by atoms with E-state index in [4.69, 9.17) is 18.6 Å². The maximum Gasteiger partial charge on any atom is 0.357 e. The fourth-order valence-corrected chi connectivity index (χ4v) is 6.76. The first-order valence-electron chi connectivity index (χ1n) is 20.8. The SMILES string of the molecule is CCCCCCCCCCCCCCCC(=O)OCc1cccc([C@@H](C)OC(=O)c2cccc(C(=O)O[C@@H](C)c3cccc(CO[Si](C)(C)C(C)(C)C)n3)n2)n1. The Labute approximate surface area is 337 Å². The molecule has 10 nitrogen and oxygen atoms in total. The van der Waals surface area contributed by atoms with Crippen LogP contribution in [0.4, 0.5) is 0 Å². The molecule has 0 aliphatic rings. The van der Waals surface area contributed by atoms with Gasteiger partial charge in [-0.1, -0.05) is 123 Å². The van der Waals surface area contributed by atoms with Gasteiger partial charge in [-0.25, -0.2) is 14.6 Å². The van der Waals surface area contributed by atoms with Gasteiger partial charge in [0.2, 0.25) is 0 Å². The fraction of sp³-hybridized carbons (Fsp3) is 0.600. The smallest absolute Gasteiger partial charge is 0.357 e. The third-order valence-corrected chi connectivity index (χ3v) is 15.0. The van der Waals surface area contributed by atoms with Crippen LogP contribution in [-0.4, -0.2) is 41.2 Å². The number of ether oxygens (including phenoxy) is 3. The van der Waals surface area contributed by atoms with Gasteiger partial charge in [0.1, 0.15) is 30.2 Å². The number of carbonyl (C=O) groups is 3. The summed E-state index contributed by atoms with van der Waals surface area (Å²) in [6.45, 7) is 17.1. The normalized spacial score (nSPS) is 12.9. The maximum absolute atomic E-state index is 13.1. The Morgan fingerprint density at radius 1 is 0.607 bits per heavy atom. The lowest BCUT2D eigenvalue weighted by Gasteiger charge is -2.36. The maximum atomic E-state index is 13.1. The summed E-state index contributed by atoms with van der Waals surface area (Å²) in [6, 6.07) is 15.4. The second kappa shape index (κ2) is 24.0. The van der Waals surface area contributed by atoms with Gasteiger partial charge >= 0.3 is 17.9 Å². The average Bonchev–Trinajstić information content (AvgIpc) is 3.17. The zero-order valence-corrected chi connectivity index (χ0v) is 36.4. The largest absolute Gasteiger partial charge is 0.459 e. The van der Waals surface area contributed by atoms with E-state index in [1.54, 1.807) is 44.2 Å². The number of esters is 3. The Bertz CT molecular complexity index is 1660. The Balaban J connectivity index is 1.40. The summed E-state index contributed by atoms with van der Waals surface area (Å²) in [6.07, 6.45) is 15.3. The number of nitrogens with zero attached hydrogens (tertiary/aromatic N) is 3. The second-order valence-electron chi connectivity index (χ2n) is 16.3. The fourth-order valence-electron chi connectivity index (χ4n) is 5.82. The Morgan fingerprint density at radius 3 is 1.50 bits per heavy atom. The monoisotopic (exact) mass is 789 g/mol. The second-order valence-corrected chi connectivity index (χ2v) is 21.1. The Morgan fingerprint density at radius 2 is 1.04 bits per heavy atom. The van der Waals surface area contributed by atoms with E-state index in [0.29, 0.717) is 30.1 Å². The molecule has 0 spiro atoms. The predicted molar refractivity (Wildman–Crippen MR) is 222 cm³/mol. The van der Waals surface area contributed by atoms with Gasteiger partial charge in [0, 0.05) is 6.42 Å². The van der Waals surface area contributed by atoms with Gasteiger partial charge < -0.3 is 18.6 Å². The Kier molecular flexibility index (Phi) is 19.9. The van der Waals surface area contributed by atoms with Gasteiger partial charge in [0.05, 0.1) is 29.4 Å². The van der Waals surface area contributed by atoms with E-state index in [2.05, 4.69) is 55.7 Å². The zero-order chi connectivity index (χ0) is 41.0. The molecule has 56 heavy (non-hydrogen) atoms. The van der Waals surface area contributed by atoms with Gasteiger partial charge in [-0.15, -0.1) is 0 Å². The van der Waals surface area contributed by atoms with Gasteiger partial charge in [-0.05, 0) is 74.8 Å². The lowest BCUT2D eigenvalue weighted by molar-refractivity contribution is -0.145. The van der Waals surface area contributed by atoms with Crippen LogP contribution >= 0.6 is 0 Å². The molecule has 3 aromatic rings. The number of hydrogen-bond acceptors (Lipinski definition) is 10. The number of unbranched alkanes of at least 4 members (excludes halogenated alkanes) is 12.